The minimum Gasteiger partial charge on any atom is -0.495 e. The highest BCUT2D eigenvalue weighted by molar-refractivity contribution is 7.89. The molecule has 3 aromatic carbocycles. The molecule has 0 saturated heterocycles. The van der Waals surface area contributed by atoms with Crippen LogP contribution in [0.4, 0.5) is 5.69 Å². The molecule has 0 atom stereocenters. The van der Waals surface area contributed by atoms with E-state index in [1.54, 1.807) is 56.3 Å². The molecule has 1 amide bonds. The fraction of sp³-hybridized carbons (Fsp3) is 0.240. The van der Waals surface area contributed by atoms with Crippen LogP contribution < -0.4 is 10.1 Å². The summed E-state index contributed by atoms with van der Waals surface area (Å²) in [6.45, 7) is 4.87. The number of ether oxygens (including phenoxy) is 1. The molecule has 6 nitrogen and oxygen atoms in total. The van der Waals surface area contributed by atoms with Gasteiger partial charge in [-0.3, -0.25) is 4.79 Å². The predicted octanol–water partition coefficient (Wildman–Crippen LogP) is 6.41. The third-order valence-corrected chi connectivity index (χ3v) is 8.43. The number of carbonyl (C=O) groups excluding carboxylic acids is 1. The number of halogens is 3. The van der Waals surface area contributed by atoms with Gasteiger partial charge < -0.3 is 10.1 Å². The molecule has 0 saturated carbocycles. The third kappa shape index (κ3) is 6.48. The van der Waals surface area contributed by atoms with Crippen molar-refractivity contribution in [3.8, 4) is 5.75 Å². The molecule has 1 N–H and O–H groups in total. The van der Waals surface area contributed by atoms with Gasteiger partial charge in [0.2, 0.25) is 15.9 Å². The van der Waals surface area contributed by atoms with E-state index in [0.29, 0.717) is 43.2 Å². The summed E-state index contributed by atoms with van der Waals surface area (Å²) < 4.78 is 33.9. The second-order valence-electron chi connectivity index (χ2n) is 8.15. The van der Waals surface area contributed by atoms with Crippen molar-refractivity contribution in [1.82, 2.24) is 4.31 Å². The molecular formula is C25H25Cl3N2O4S. The topological polar surface area (TPSA) is 75.7 Å². The van der Waals surface area contributed by atoms with E-state index in [2.05, 4.69) is 5.32 Å². The number of benzene rings is 3. The summed E-state index contributed by atoms with van der Waals surface area (Å²) in [6, 6.07) is 13.2. The zero-order chi connectivity index (χ0) is 25.9. The maximum Gasteiger partial charge on any atom is 0.244 e. The van der Waals surface area contributed by atoms with Gasteiger partial charge in [-0.25, -0.2) is 8.42 Å². The second-order valence-corrected chi connectivity index (χ2v) is 11.2. The maximum atomic E-state index is 13.8. The summed E-state index contributed by atoms with van der Waals surface area (Å²) in [7, 11) is -2.57. The van der Waals surface area contributed by atoms with E-state index in [9.17, 15) is 13.2 Å². The fourth-order valence-corrected chi connectivity index (χ4v) is 6.25. The van der Waals surface area contributed by atoms with Crippen molar-refractivity contribution in [2.24, 2.45) is 0 Å². The maximum absolute atomic E-state index is 13.8. The molecular weight excluding hydrogens is 531 g/mol. The van der Waals surface area contributed by atoms with Crippen molar-refractivity contribution >= 4 is 56.4 Å². The number of hydrogen-bond donors (Lipinski definition) is 1. The number of anilines is 1. The van der Waals surface area contributed by atoms with Gasteiger partial charge in [-0.05, 0) is 67.8 Å². The SMILES string of the molecule is COc1ccc(NC(=O)CN(Cc2ccc(Cl)c(Cl)c2)S(=O)(=O)c2c(C)cc(C)cc2C)cc1Cl. The van der Waals surface area contributed by atoms with Crippen LogP contribution in [0.2, 0.25) is 15.1 Å². The summed E-state index contributed by atoms with van der Waals surface area (Å²) in [5.74, 6) is -0.0731. The lowest BCUT2D eigenvalue weighted by molar-refractivity contribution is -0.116. The van der Waals surface area contributed by atoms with Crippen molar-refractivity contribution in [2.75, 3.05) is 19.0 Å². The predicted molar refractivity (Wildman–Crippen MR) is 141 cm³/mol. The smallest absolute Gasteiger partial charge is 0.244 e. The minimum atomic E-state index is -4.06. The molecule has 186 valence electrons. The molecule has 0 heterocycles. The van der Waals surface area contributed by atoms with E-state index in [-0.39, 0.29) is 11.4 Å². The van der Waals surface area contributed by atoms with Gasteiger partial charge in [0.15, 0.2) is 0 Å². The van der Waals surface area contributed by atoms with Gasteiger partial charge in [0.05, 0.1) is 33.6 Å². The van der Waals surface area contributed by atoms with Crippen LogP contribution in [0.25, 0.3) is 0 Å². The van der Waals surface area contributed by atoms with E-state index < -0.39 is 22.5 Å². The van der Waals surface area contributed by atoms with Crippen LogP contribution in [-0.4, -0.2) is 32.3 Å². The van der Waals surface area contributed by atoms with Gasteiger partial charge >= 0.3 is 0 Å². The molecule has 3 rings (SSSR count). The Bertz CT molecular complexity index is 1350. The summed E-state index contributed by atoms with van der Waals surface area (Å²) in [4.78, 5) is 13.1. The molecule has 35 heavy (non-hydrogen) atoms. The Kier molecular flexibility index (Phi) is 8.72. The molecule has 0 aliphatic heterocycles. The Labute approximate surface area is 220 Å². The lowest BCUT2D eigenvalue weighted by atomic mass is 10.1. The minimum absolute atomic E-state index is 0.0806. The van der Waals surface area contributed by atoms with Crippen LogP contribution in [0.15, 0.2) is 53.4 Å². The Morgan fingerprint density at radius 3 is 2.14 bits per heavy atom. The zero-order valence-electron chi connectivity index (χ0n) is 19.7. The molecule has 0 aliphatic carbocycles. The van der Waals surface area contributed by atoms with E-state index >= 15 is 0 Å². The molecule has 0 unspecified atom stereocenters. The first-order chi connectivity index (χ1) is 16.4. The van der Waals surface area contributed by atoms with Crippen LogP contribution in [-0.2, 0) is 21.4 Å². The van der Waals surface area contributed by atoms with Crippen LogP contribution in [0.1, 0.15) is 22.3 Å². The van der Waals surface area contributed by atoms with Crippen molar-refractivity contribution in [3.05, 3.63) is 85.9 Å². The highest BCUT2D eigenvalue weighted by atomic mass is 35.5. The van der Waals surface area contributed by atoms with Gasteiger partial charge in [-0.2, -0.15) is 4.31 Å². The molecule has 0 fully saturated rings. The lowest BCUT2D eigenvalue weighted by Gasteiger charge is -2.24. The third-order valence-electron chi connectivity index (χ3n) is 5.30. The normalized spacial score (nSPS) is 11.5. The van der Waals surface area contributed by atoms with Gasteiger partial charge in [0, 0.05) is 12.2 Å². The summed E-state index contributed by atoms with van der Waals surface area (Å²) in [6.07, 6.45) is 0. The van der Waals surface area contributed by atoms with Crippen molar-refractivity contribution < 1.29 is 17.9 Å². The van der Waals surface area contributed by atoms with Crippen LogP contribution in [0, 0.1) is 20.8 Å². The molecule has 0 radical (unpaired) electrons. The Morgan fingerprint density at radius 1 is 0.914 bits per heavy atom. The Balaban J connectivity index is 1.97. The van der Waals surface area contributed by atoms with E-state index in [0.717, 1.165) is 9.87 Å². The summed E-state index contributed by atoms with van der Waals surface area (Å²) in [5.41, 5.74) is 3.15. The number of methoxy groups -OCH3 is 1. The van der Waals surface area contributed by atoms with Crippen molar-refractivity contribution in [2.45, 2.75) is 32.2 Å². The average molecular weight is 556 g/mol. The van der Waals surface area contributed by atoms with Crippen molar-refractivity contribution in [1.29, 1.82) is 0 Å². The van der Waals surface area contributed by atoms with Gasteiger partial charge in [0.1, 0.15) is 5.75 Å². The number of hydrogen-bond acceptors (Lipinski definition) is 4. The first-order valence-corrected chi connectivity index (χ1v) is 13.1. The number of sulfonamides is 1. The number of carbonyl (C=O) groups is 1. The fourth-order valence-electron chi connectivity index (χ4n) is 3.88. The van der Waals surface area contributed by atoms with Gasteiger partial charge in [-0.15, -0.1) is 0 Å². The molecule has 0 spiro atoms. The van der Waals surface area contributed by atoms with E-state index in [4.69, 9.17) is 39.5 Å². The average Bonchev–Trinajstić information content (AvgIpc) is 2.75. The number of amides is 1. The standard InChI is InChI=1S/C25H25Cl3N2O4S/c1-15-9-16(2)25(17(3)10-15)35(32,33)30(13-18-5-7-20(26)21(27)11-18)14-24(31)29-19-6-8-23(34-4)22(28)12-19/h5-12H,13-14H2,1-4H3,(H,29,31). The number of nitrogens with zero attached hydrogens (tertiary/aromatic N) is 1. The molecule has 3 aromatic rings. The monoisotopic (exact) mass is 554 g/mol. The quantitative estimate of drug-likeness (QED) is 0.348. The largest absolute Gasteiger partial charge is 0.495 e. The van der Waals surface area contributed by atoms with Crippen LogP contribution >= 0.6 is 34.8 Å². The lowest BCUT2D eigenvalue weighted by Crippen LogP contribution is -2.38. The number of aryl methyl sites for hydroxylation is 3. The molecule has 10 heteroatoms. The van der Waals surface area contributed by atoms with E-state index in [1.807, 2.05) is 6.92 Å². The van der Waals surface area contributed by atoms with Gasteiger partial charge in [0.25, 0.3) is 0 Å². The van der Waals surface area contributed by atoms with Crippen LogP contribution in [0.3, 0.4) is 0 Å². The Morgan fingerprint density at radius 2 is 1.57 bits per heavy atom. The summed E-state index contributed by atoms with van der Waals surface area (Å²) >= 11 is 18.3. The molecule has 0 aliphatic rings. The highest BCUT2D eigenvalue weighted by Gasteiger charge is 2.30. The first-order valence-electron chi connectivity index (χ1n) is 10.6. The second kappa shape index (κ2) is 11.2. The number of nitrogens with one attached hydrogen (secondary N) is 1. The first kappa shape index (κ1) is 27.3. The summed E-state index contributed by atoms with van der Waals surface area (Å²) in [5, 5.41) is 3.66. The van der Waals surface area contributed by atoms with Gasteiger partial charge in [-0.1, -0.05) is 58.6 Å². The molecule has 0 bridgehead atoms. The van der Waals surface area contributed by atoms with Crippen molar-refractivity contribution in [3.63, 3.8) is 0 Å². The zero-order valence-corrected chi connectivity index (χ0v) is 22.7. The highest BCUT2D eigenvalue weighted by Crippen LogP contribution is 2.30. The molecule has 0 aromatic heterocycles. The van der Waals surface area contributed by atoms with Crippen LogP contribution in [0.5, 0.6) is 5.75 Å². The van der Waals surface area contributed by atoms with E-state index in [1.165, 1.54) is 13.2 Å². The Hall–Kier alpha value is -2.29. The number of rotatable bonds is 8.